The zero-order chi connectivity index (χ0) is 18.9. The molecular formula is C19H24O7. The van der Waals surface area contributed by atoms with E-state index in [2.05, 4.69) is 6.92 Å². The van der Waals surface area contributed by atoms with Crippen LogP contribution in [0.15, 0.2) is 27.4 Å². The number of hydrogen-bond acceptors (Lipinski definition) is 7. The summed E-state index contributed by atoms with van der Waals surface area (Å²) < 4.78 is 20.7. The molecule has 1 aromatic heterocycles. The van der Waals surface area contributed by atoms with Gasteiger partial charge in [-0.05, 0) is 31.5 Å². The van der Waals surface area contributed by atoms with E-state index in [-0.39, 0.29) is 35.7 Å². The van der Waals surface area contributed by atoms with Gasteiger partial charge in [0.1, 0.15) is 11.3 Å². The maximum absolute atomic E-state index is 12.0. The molecule has 0 fully saturated rings. The van der Waals surface area contributed by atoms with E-state index in [1.165, 1.54) is 18.2 Å². The van der Waals surface area contributed by atoms with Crippen LogP contribution in [0.3, 0.4) is 0 Å². The average molecular weight is 364 g/mol. The maximum Gasteiger partial charge on any atom is 0.383 e. The predicted molar refractivity (Wildman–Crippen MR) is 95.9 cm³/mol. The summed E-state index contributed by atoms with van der Waals surface area (Å²) in [7, 11) is 0. The van der Waals surface area contributed by atoms with Crippen LogP contribution in [-0.2, 0) is 9.53 Å². The molecule has 7 nitrogen and oxygen atoms in total. The number of benzene rings is 1. The fraction of sp³-hybridized carbons (Fsp3) is 0.474. The van der Waals surface area contributed by atoms with Gasteiger partial charge in [-0.25, -0.2) is 9.59 Å². The van der Waals surface area contributed by atoms with Gasteiger partial charge in [-0.15, -0.1) is 0 Å². The molecule has 142 valence electrons. The van der Waals surface area contributed by atoms with Crippen molar-refractivity contribution in [1.82, 2.24) is 0 Å². The molecule has 1 N–H and O–H groups in total. The molecule has 7 heteroatoms. The lowest BCUT2D eigenvalue weighted by Crippen LogP contribution is -2.14. The van der Waals surface area contributed by atoms with E-state index in [4.69, 9.17) is 18.6 Å². The first-order valence-electron chi connectivity index (χ1n) is 8.77. The lowest BCUT2D eigenvalue weighted by Gasteiger charge is -2.10. The van der Waals surface area contributed by atoms with E-state index in [1.54, 1.807) is 6.92 Å². The number of esters is 1. The van der Waals surface area contributed by atoms with E-state index < -0.39 is 11.6 Å². The van der Waals surface area contributed by atoms with Gasteiger partial charge in [0, 0.05) is 0 Å². The second-order valence-corrected chi connectivity index (χ2v) is 5.73. The van der Waals surface area contributed by atoms with Crippen molar-refractivity contribution in [1.29, 1.82) is 0 Å². The standard InChI is InChI=1S/C19H24O7/c1-3-5-6-7-10-24-18-17(21)14-11-13(25-12-16(20)23-4-2)8-9-15(14)26-19(18)22/h8-9,11,21H,3-7,10,12H2,1-2H3. The van der Waals surface area contributed by atoms with Gasteiger partial charge in [-0.1, -0.05) is 26.2 Å². The van der Waals surface area contributed by atoms with Gasteiger partial charge in [-0.2, -0.15) is 0 Å². The molecule has 2 rings (SSSR count). The molecule has 2 aromatic rings. The topological polar surface area (TPSA) is 95.2 Å². The van der Waals surface area contributed by atoms with Crippen molar-refractivity contribution in [2.45, 2.75) is 39.5 Å². The second-order valence-electron chi connectivity index (χ2n) is 5.73. The Morgan fingerprint density at radius 3 is 2.69 bits per heavy atom. The molecule has 0 bridgehead atoms. The molecule has 0 amide bonds. The Hall–Kier alpha value is -2.70. The minimum atomic E-state index is -0.731. The smallest absolute Gasteiger partial charge is 0.383 e. The van der Waals surface area contributed by atoms with Crippen LogP contribution in [0.5, 0.6) is 17.2 Å². The van der Waals surface area contributed by atoms with Crippen molar-refractivity contribution in [3.63, 3.8) is 0 Å². The molecule has 1 heterocycles. The van der Waals surface area contributed by atoms with Crippen molar-refractivity contribution in [2.75, 3.05) is 19.8 Å². The molecule has 0 atom stereocenters. The fourth-order valence-corrected chi connectivity index (χ4v) is 2.41. The fourth-order valence-electron chi connectivity index (χ4n) is 2.41. The second kappa shape index (κ2) is 9.70. The summed E-state index contributed by atoms with van der Waals surface area (Å²) in [5.41, 5.74) is -0.528. The Bertz CT molecular complexity index is 794. The SMILES string of the molecule is CCCCCCOc1c(O)c2cc(OCC(=O)OCC)ccc2oc1=O. The monoisotopic (exact) mass is 364 g/mol. The number of carbonyl (C=O) groups is 1. The van der Waals surface area contributed by atoms with Crippen molar-refractivity contribution in [2.24, 2.45) is 0 Å². The van der Waals surface area contributed by atoms with Crippen LogP contribution in [0.2, 0.25) is 0 Å². The van der Waals surface area contributed by atoms with Gasteiger partial charge in [0.15, 0.2) is 12.4 Å². The molecule has 0 saturated heterocycles. The van der Waals surface area contributed by atoms with Crippen LogP contribution in [0, 0.1) is 0 Å². The molecule has 0 spiro atoms. The van der Waals surface area contributed by atoms with Crippen molar-refractivity contribution in [3.8, 4) is 17.2 Å². The van der Waals surface area contributed by atoms with E-state index in [0.29, 0.717) is 12.4 Å². The number of hydrogen-bond donors (Lipinski definition) is 1. The van der Waals surface area contributed by atoms with Gasteiger partial charge in [0.05, 0.1) is 18.6 Å². The highest BCUT2D eigenvalue weighted by Crippen LogP contribution is 2.33. The molecule has 0 radical (unpaired) electrons. The Morgan fingerprint density at radius 2 is 1.96 bits per heavy atom. The van der Waals surface area contributed by atoms with Gasteiger partial charge in [-0.3, -0.25) is 0 Å². The zero-order valence-electron chi connectivity index (χ0n) is 15.1. The third-order valence-electron chi connectivity index (χ3n) is 3.72. The first kappa shape index (κ1) is 19.6. The Kier molecular flexibility index (Phi) is 7.32. The number of ether oxygens (including phenoxy) is 3. The summed E-state index contributed by atoms with van der Waals surface area (Å²) in [5.74, 6) is -0.666. The lowest BCUT2D eigenvalue weighted by atomic mass is 10.2. The van der Waals surface area contributed by atoms with Crippen LogP contribution in [0.4, 0.5) is 0 Å². The number of carbonyl (C=O) groups excluding carboxylic acids is 1. The minimum Gasteiger partial charge on any atom is -0.504 e. The first-order valence-corrected chi connectivity index (χ1v) is 8.77. The molecule has 0 aliphatic carbocycles. The Balaban J connectivity index is 2.15. The average Bonchev–Trinajstić information content (AvgIpc) is 2.62. The van der Waals surface area contributed by atoms with Crippen LogP contribution in [0.1, 0.15) is 39.5 Å². The number of aromatic hydroxyl groups is 1. The summed E-state index contributed by atoms with van der Waals surface area (Å²) in [5, 5.41) is 10.7. The molecule has 0 aliphatic heterocycles. The number of rotatable bonds is 10. The quantitative estimate of drug-likeness (QED) is 0.392. The Morgan fingerprint density at radius 1 is 1.15 bits per heavy atom. The molecule has 26 heavy (non-hydrogen) atoms. The van der Waals surface area contributed by atoms with E-state index in [9.17, 15) is 14.7 Å². The summed E-state index contributed by atoms with van der Waals surface area (Å²) in [6, 6.07) is 4.51. The summed E-state index contributed by atoms with van der Waals surface area (Å²) >= 11 is 0. The first-order chi connectivity index (χ1) is 12.6. The van der Waals surface area contributed by atoms with E-state index in [0.717, 1.165) is 25.7 Å². The summed E-state index contributed by atoms with van der Waals surface area (Å²) in [6.45, 7) is 4.15. The third-order valence-corrected chi connectivity index (χ3v) is 3.72. The van der Waals surface area contributed by atoms with Crippen LogP contribution in [-0.4, -0.2) is 30.9 Å². The highest BCUT2D eigenvalue weighted by atomic mass is 16.6. The molecule has 1 aromatic carbocycles. The van der Waals surface area contributed by atoms with Gasteiger partial charge >= 0.3 is 11.6 Å². The summed E-state index contributed by atoms with van der Waals surface area (Å²) in [6.07, 6.45) is 3.95. The molecule has 0 unspecified atom stereocenters. The van der Waals surface area contributed by atoms with Gasteiger partial charge in [0.25, 0.3) is 0 Å². The van der Waals surface area contributed by atoms with Gasteiger partial charge in [0.2, 0.25) is 5.75 Å². The van der Waals surface area contributed by atoms with Crippen molar-refractivity contribution >= 4 is 16.9 Å². The van der Waals surface area contributed by atoms with Crippen molar-refractivity contribution < 1.29 is 28.5 Å². The minimum absolute atomic E-state index is 0.203. The number of unbranched alkanes of at least 4 members (excludes halogenated alkanes) is 3. The normalized spacial score (nSPS) is 10.7. The van der Waals surface area contributed by atoms with E-state index in [1.807, 2.05) is 0 Å². The maximum atomic E-state index is 12.0. The zero-order valence-corrected chi connectivity index (χ0v) is 15.1. The van der Waals surface area contributed by atoms with Gasteiger partial charge < -0.3 is 23.7 Å². The lowest BCUT2D eigenvalue weighted by molar-refractivity contribution is -0.145. The Labute approximate surface area is 151 Å². The summed E-state index contributed by atoms with van der Waals surface area (Å²) in [4.78, 5) is 23.4. The molecule has 0 aliphatic rings. The van der Waals surface area contributed by atoms with E-state index >= 15 is 0 Å². The van der Waals surface area contributed by atoms with Crippen LogP contribution >= 0.6 is 0 Å². The van der Waals surface area contributed by atoms with Crippen LogP contribution in [0.25, 0.3) is 11.0 Å². The van der Waals surface area contributed by atoms with Crippen LogP contribution < -0.4 is 15.1 Å². The molecular weight excluding hydrogens is 340 g/mol. The third kappa shape index (κ3) is 5.15. The number of fused-ring (bicyclic) bond motifs is 1. The highest BCUT2D eigenvalue weighted by Gasteiger charge is 2.16. The predicted octanol–water partition coefficient (Wildman–Crippen LogP) is 3.40. The largest absolute Gasteiger partial charge is 0.504 e. The molecule has 0 saturated carbocycles. The highest BCUT2D eigenvalue weighted by molar-refractivity contribution is 5.86. The van der Waals surface area contributed by atoms with Crippen molar-refractivity contribution in [3.05, 3.63) is 28.6 Å².